The van der Waals surface area contributed by atoms with Crippen LogP contribution in [0.4, 0.5) is 4.39 Å². The van der Waals surface area contributed by atoms with Crippen LogP contribution in [-0.4, -0.2) is 19.2 Å². The Morgan fingerprint density at radius 3 is 2.74 bits per heavy atom. The number of carbonyl (C=O) groups is 1. The molecule has 1 saturated heterocycles. The SMILES string of the molecule is CC(=O)OC(CC1(C)COC1)c1ccc(Cl)c(F)c1. The minimum atomic E-state index is -0.508. The molecule has 1 aromatic rings. The highest BCUT2D eigenvalue weighted by Crippen LogP contribution is 2.38. The van der Waals surface area contributed by atoms with Crippen molar-refractivity contribution >= 4 is 17.6 Å². The molecular formula is C14H16ClFO3. The summed E-state index contributed by atoms with van der Waals surface area (Å²) in [5.41, 5.74) is 0.584. The molecule has 5 heteroatoms. The van der Waals surface area contributed by atoms with Gasteiger partial charge in [-0.15, -0.1) is 0 Å². The highest BCUT2D eigenvalue weighted by Gasteiger charge is 2.37. The summed E-state index contributed by atoms with van der Waals surface area (Å²) in [5.74, 6) is -0.893. The summed E-state index contributed by atoms with van der Waals surface area (Å²) >= 11 is 5.66. The summed E-state index contributed by atoms with van der Waals surface area (Å²) in [6.07, 6.45) is 0.131. The number of ether oxygens (including phenoxy) is 2. The Morgan fingerprint density at radius 1 is 1.58 bits per heavy atom. The van der Waals surface area contributed by atoms with Gasteiger partial charge in [-0.05, 0) is 24.1 Å². The fourth-order valence-electron chi connectivity index (χ4n) is 2.16. The molecule has 0 bridgehead atoms. The van der Waals surface area contributed by atoms with E-state index in [9.17, 15) is 9.18 Å². The van der Waals surface area contributed by atoms with Crippen molar-refractivity contribution in [3.8, 4) is 0 Å². The lowest BCUT2D eigenvalue weighted by molar-refractivity contribution is -0.157. The van der Waals surface area contributed by atoms with Gasteiger partial charge in [-0.3, -0.25) is 4.79 Å². The summed E-state index contributed by atoms with van der Waals surface area (Å²) in [6, 6.07) is 4.48. The number of hydrogen-bond acceptors (Lipinski definition) is 3. The maximum atomic E-state index is 13.5. The van der Waals surface area contributed by atoms with E-state index in [-0.39, 0.29) is 16.4 Å². The van der Waals surface area contributed by atoms with Gasteiger partial charge >= 0.3 is 5.97 Å². The van der Waals surface area contributed by atoms with Crippen LogP contribution in [0, 0.1) is 11.2 Å². The van der Waals surface area contributed by atoms with Gasteiger partial charge in [-0.25, -0.2) is 4.39 Å². The summed E-state index contributed by atoms with van der Waals surface area (Å²) in [7, 11) is 0. The first-order valence-corrected chi connectivity index (χ1v) is 6.47. The third-order valence-electron chi connectivity index (χ3n) is 3.20. The maximum absolute atomic E-state index is 13.5. The van der Waals surface area contributed by atoms with Gasteiger partial charge in [0.05, 0.1) is 18.2 Å². The normalized spacial score (nSPS) is 18.5. The predicted octanol–water partition coefficient (Wildman–Crippen LogP) is 3.51. The second kappa shape index (κ2) is 5.47. The number of benzene rings is 1. The molecule has 0 aliphatic carbocycles. The highest BCUT2D eigenvalue weighted by molar-refractivity contribution is 6.30. The van der Waals surface area contributed by atoms with E-state index >= 15 is 0 Å². The Bertz CT molecular complexity index is 486. The second-order valence-electron chi connectivity index (χ2n) is 5.28. The summed E-state index contributed by atoms with van der Waals surface area (Å²) in [4.78, 5) is 11.2. The fourth-order valence-corrected chi connectivity index (χ4v) is 2.27. The molecule has 2 rings (SSSR count). The maximum Gasteiger partial charge on any atom is 0.303 e. The molecule has 19 heavy (non-hydrogen) atoms. The molecule has 1 aliphatic rings. The molecule has 104 valence electrons. The predicted molar refractivity (Wildman–Crippen MR) is 69.5 cm³/mol. The van der Waals surface area contributed by atoms with Crippen LogP contribution in [0.1, 0.15) is 31.9 Å². The van der Waals surface area contributed by atoms with E-state index in [0.29, 0.717) is 25.2 Å². The lowest BCUT2D eigenvalue weighted by atomic mass is 9.81. The van der Waals surface area contributed by atoms with Crippen molar-refractivity contribution in [1.82, 2.24) is 0 Å². The Morgan fingerprint density at radius 2 is 2.26 bits per heavy atom. The van der Waals surface area contributed by atoms with E-state index in [1.807, 2.05) is 0 Å². The minimum Gasteiger partial charge on any atom is -0.458 e. The van der Waals surface area contributed by atoms with Crippen LogP contribution < -0.4 is 0 Å². The third kappa shape index (κ3) is 3.45. The summed E-state index contributed by atoms with van der Waals surface area (Å²) in [6.45, 7) is 4.65. The molecule has 0 N–H and O–H groups in total. The van der Waals surface area contributed by atoms with Gasteiger partial charge in [0.1, 0.15) is 11.9 Å². The Kier molecular flexibility index (Phi) is 4.11. The molecule has 1 aliphatic heterocycles. The molecule has 0 aromatic heterocycles. The van der Waals surface area contributed by atoms with Crippen molar-refractivity contribution in [2.24, 2.45) is 5.41 Å². The molecule has 3 nitrogen and oxygen atoms in total. The minimum absolute atomic E-state index is 0.0315. The zero-order valence-corrected chi connectivity index (χ0v) is 11.7. The van der Waals surface area contributed by atoms with Crippen molar-refractivity contribution in [1.29, 1.82) is 0 Å². The van der Waals surface area contributed by atoms with Gasteiger partial charge in [0.15, 0.2) is 0 Å². The van der Waals surface area contributed by atoms with E-state index < -0.39 is 11.9 Å². The van der Waals surface area contributed by atoms with Crippen LogP contribution in [0.25, 0.3) is 0 Å². The zero-order chi connectivity index (χ0) is 14.0. The standard InChI is InChI=1S/C14H16ClFO3/c1-9(17)19-13(6-14(2)7-18-8-14)10-3-4-11(15)12(16)5-10/h3-5,13H,6-8H2,1-2H3. The van der Waals surface area contributed by atoms with Crippen molar-refractivity contribution < 1.29 is 18.7 Å². The molecular weight excluding hydrogens is 271 g/mol. The number of halogens is 2. The van der Waals surface area contributed by atoms with E-state index in [4.69, 9.17) is 21.1 Å². The van der Waals surface area contributed by atoms with Crippen LogP contribution in [0.5, 0.6) is 0 Å². The summed E-state index contributed by atoms with van der Waals surface area (Å²) < 4.78 is 24.0. The average Bonchev–Trinajstić information content (AvgIpc) is 2.29. The van der Waals surface area contributed by atoms with Crippen molar-refractivity contribution in [3.63, 3.8) is 0 Å². The zero-order valence-electron chi connectivity index (χ0n) is 10.9. The molecule has 0 amide bonds. The van der Waals surface area contributed by atoms with Gasteiger partial charge in [-0.2, -0.15) is 0 Å². The molecule has 1 atom stereocenters. The molecule has 0 saturated carbocycles. The molecule has 0 spiro atoms. The Balaban J connectivity index is 2.20. The molecule has 1 fully saturated rings. The lowest BCUT2D eigenvalue weighted by Gasteiger charge is -2.40. The van der Waals surface area contributed by atoms with Crippen LogP contribution in [0.3, 0.4) is 0 Å². The van der Waals surface area contributed by atoms with Crippen molar-refractivity contribution in [2.45, 2.75) is 26.4 Å². The quantitative estimate of drug-likeness (QED) is 0.795. The lowest BCUT2D eigenvalue weighted by Crippen LogP contribution is -2.41. The summed E-state index contributed by atoms with van der Waals surface area (Å²) in [5, 5.41) is 0.0588. The third-order valence-corrected chi connectivity index (χ3v) is 3.51. The molecule has 1 aromatic carbocycles. The smallest absolute Gasteiger partial charge is 0.303 e. The number of carbonyl (C=O) groups excluding carboxylic acids is 1. The van der Waals surface area contributed by atoms with Crippen LogP contribution in [0.15, 0.2) is 18.2 Å². The van der Waals surface area contributed by atoms with Crippen molar-refractivity contribution in [2.75, 3.05) is 13.2 Å². The first kappa shape index (κ1) is 14.3. The first-order valence-electron chi connectivity index (χ1n) is 6.09. The monoisotopic (exact) mass is 286 g/mol. The van der Waals surface area contributed by atoms with Crippen molar-refractivity contribution in [3.05, 3.63) is 34.6 Å². The molecule has 1 unspecified atom stereocenters. The Labute approximate surface area is 116 Å². The first-order chi connectivity index (χ1) is 8.89. The van der Waals surface area contributed by atoms with E-state index in [1.165, 1.54) is 19.1 Å². The van der Waals surface area contributed by atoms with Gasteiger partial charge in [-0.1, -0.05) is 24.6 Å². The molecule has 1 heterocycles. The fraction of sp³-hybridized carbons (Fsp3) is 0.500. The topological polar surface area (TPSA) is 35.5 Å². The van der Waals surface area contributed by atoms with Crippen LogP contribution in [0.2, 0.25) is 5.02 Å². The number of esters is 1. The van der Waals surface area contributed by atoms with Gasteiger partial charge in [0.25, 0.3) is 0 Å². The van der Waals surface area contributed by atoms with Crippen LogP contribution >= 0.6 is 11.6 Å². The largest absolute Gasteiger partial charge is 0.458 e. The average molecular weight is 287 g/mol. The van der Waals surface area contributed by atoms with Gasteiger partial charge in [0.2, 0.25) is 0 Å². The number of rotatable bonds is 4. The van der Waals surface area contributed by atoms with Crippen LogP contribution in [-0.2, 0) is 14.3 Å². The molecule has 0 radical (unpaired) electrons. The van der Waals surface area contributed by atoms with E-state index in [0.717, 1.165) is 0 Å². The number of hydrogen-bond donors (Lipinski definition) is 0. The van der Waals surface area contributed by atoms with Gasteiger partial charge < -0.3 is 9.47 Å². The van der Waals surface area contributed by atoms with Gasteiger partial charge in [0, 0.05) is 12.3 Å². The second-order valence-corrected chi connectivity index (χ2v) is 5.69. The van der Waals surface area contributed by atoms with E-state index in [2.05, 4.69) is 6.92 Å². The Hall–Kier alpha value is -1.13. The van der Waals surface area contributed by atoms with E-state index in [1.54, 1.807) is 6.07 Å². The highest BCUT2D eigenvalue weighted by atomic mass is 35.5.